The standard InChI is InChI=1S/C14H19NO4S/c1-2-3-10-20(18,19)15-9-8-11-6-4-5-7-12(11)13(15)14(16)17/h4-7,13H,2-3,8-10H2,1H3,(H,16,17). The Balaban J connectivity index is 2.39. The number of carboxylic acids is 1. The predicted molar refractivity (Wildman–Crippen MR) is 75.9 cm³/mol. The van der Waals surface area contributed by atoms with Gasteiger partial charge in [0.15, 0.2) is 0 Å². The molecule has 1 unspecified atom stereocenters. The minimum absolute atomic E-state index is 0.00937. The second kappa shape index (κ2) is 5.93. The average Bonchev–Trinajstić information content (AvgIpc) is 2.43. The quantitative estimate of drug-likeness (QED) is 0.899. The first kappa shape index (κ1) is 15.0. The Kier molecular flexibility index (Phi) is 4.45. The summed E-state index contributed by atoms with van der Waals surface area (Å²) in [7, 11) is -3.53. The van der Waals surface area contributed by atoms with Crippen LogP contribution in [0, 0.1) is 0 Å². The van der Waals surface area contributed by atoms with Gasteiger partial charge in [0, 0.05) is 6.54 Å². The molecule has 1 aliphatic rings. The molecule has 20 heavy (non-hydrogen) atoms. The highest BCUT2D eigenvalue weighted by molar-refractivity contribution is 7.89. The monoisotopic (exact) mass is 297 g/mol. The van der Waals surface area contributed by atoms with Crippen molar-refractivity contribution >= 4 is 16.0 Å². The van der Waals surface area contributed by atoms with Gasteiger partial charge < -0.3 is 5.11 Å². The van der Waals surface area contributed by atoms with Crippen LogP contribution < -0.4 is 0 Å². The molecule has 1 heterocycles. The maximum atomic E-state index is 12.3. The number of hydrogen-bond acceptors (Lipinski definition) is 3. The van der Waals surface area contributed by atoms with Crippen molar-refractivity contribution in [2.24, 2.45) is 0 Å². The van der Waals surface area contributed by atoms with Crippen molar-refractivity contribution in [2.45, 2.75) is 32.2 Å². The Bertz CT molecular complexity index is 597. The molecule has 0 amide bonds. The second-order valence-electron chi connectivity index (χ2n) is 4.97. The van der Waals surface area contributed by atoms with Gasteiger partial charge in [-0.15, -0.1) is 0 Å². The minimum Gasteiger partial charge on any atom is -0.480 e. The van der Waals surface area contributed by atoms with Gasteiger partial charge in [-0.25, -0.2) is 8.42 Å². The van der Waals surface area contributed by atoms with E-state index in [4.69, 9.17) is 0 Å². The third-order valence-electron chi connectivity index (χ3n) is 3.59. The van der Waals surface area contributed by atoms with E-state index in [-0.39, 0.29) is 12.3 Å². The molecule has 0 bridgehead atoms. The average molecular weight is 297 g/mol. The van der Waals surface area contributed by atoms with Crippen LogP contribution in [0.1, 0.15) is 36.9 Å². The Labute approximate surface area is 119 Å². The fraction of sp³-hybridized carbons (Fsp3) is 0.500. The molecular weight excluding hydrogens is 278 g/mol. The lowest BCUT2D eigenvalue weighted by atomic mass is 9.94. The first-order chi connectivity index (χ1) is 9.47. The summed E-state index contributed by atoms with van der Waals surface area (Å²) in [5, 5.41) is 9.44. The Morgan fingerprint density at radius 1 is 1.40 bits per heavy atom. The molecule has 1 aromatic rings. The van der Waals surface area contributed by atoms with Crippen molar-refractivity contribution in [3.8, 4) is 0 Å². The van der Waals surface area contributed by atoms with Crippen molar-refractivity contribution in [1.82, 2.24) is 4.31 Å². The van der Waals surface area contributed by atoms with Crippen molar-refractivity contribution in [3.63, 3.8) is 0 Å². The van der Waals surface area contributed by atoms with Crippen LogP contribution >= 0.6 is 0 Å². The number of sulfonamides is 1. The maximum Gasteiger partial charge on any atom is 0.326 e. The van der Waals surface area contributed by atoms with Gasteiger partial charge in [0.2, 0.25) is 10.0 Å². The highest BCUT2D eigenvalue weighted by atomic mass is 32.2. The van der Waals surface area contributed by atoms with E-state index in [2.05, 4.69) is 0 Å². The van der Waals surface area contributed by atoms with E-state index in [1.165, 1.54) is 0 Å². The van der Waals surface area contributed by atoms with E-state index in [1.807, 2.05) is 19.1 Å². The van der Waals surface area contributed by atoms with E-state index in [0.29, 0.717) is 18.4 Å². The predicted octanol–water partition coefficient (Wildman–Crippen LogP) is 1.80. The van der Waals surface area contributed by atoms with Crippen molar-refractivity contribution in [2.75, 3.05) is 12.3 Å². The highest BCUT2D eigenvalue weighted by Gasteiger charge is 2.39. The van der Waals surface area contributed by atoms with Gasteiger partial charge in [-0.2, -0.15) is 4.31 Å². The summed E-state index contributed by atoms with van der Waals surface area (Å²) < 4.78 is 25.8. The van der Waals surface area contributed by atoms with E-state index in [0.717, 1.165) is 16.3 Å². The molecule has 0 saturated carbocycles. The topological polar surface area (TPSA) is 74.7 Å². The third-order valence-corrected chi connectivity index (χ3v) is 5.50. The largest absolute Gasteiger partial charge is 0.480 e. The molecule has 0 spiro atoms. The second-order valence-corrected chi connectivity index (χ2v) is 7.01. The summed E-state index contributed by atoms with van der Waals surface area (Å²) in [5.74, 6) is -1.10. The number of benzene rings is 1. The lowest BCUT2D eigenvalue weighted by molar-refractivity contribution is -0.142. The van der Waals surface area contributed by atoms with Crippen molar-refractivity contribution in [1.29, 1.82) is 0 Å². The molecule has 0 radical (unpaired) electrons. The zero-order valence-corrected chi connectivity index (χ0v) is 12.3. The third kappa shape index (κ3) is 2.86. The first-order valence-corrected chi connectivity index (χ1v) is 8.38. The van der Waals surface area contributed by atoms with Gasteiger partial charge in [-0.05, 0) is 24.0 Å². The van der Waals surface area contributed by atoms with Gasteiger partial charge in [0.1, 0.15) is 6.04 Å². The highest BCUT2D eigenvalue weighted by Crippen LogP contribution is 2.32. The van der Waals surface area contributed by atoms with Crippen LogP contribution in [0.2, 0.25) is 0 Å². The molecule has 1 aliphatic heterocycles. The van der Waals surface area contributed by atoms with Crippen LogP contribution in [0.25, 0.3) is 0 Å². The summed E-state index contributed by atoms with van der Waals surface area (Å²) in [6.45, 7) is 2.15. The molecular formula is C14H19NO4S. The van der Waals surface area contributed by atoms with Crippen LogP contribution in [0.4, 0.5) is 0 Å². The number of aliphatic carboxylic acids is 1. The van der Waals surface area contributed by atoms with Gasteiger partial charge in [0.25, 0.3) is 0 Å². The van der Waals surface area contributed by atoms with E-state index in [1.54, 1.807) is 12.1 Å². The molecule has 1 atom stereocenters. The van der Waals surface area contributed by atoms with Crippen LogP contribution in [0.15, 0.2) is 24.3 Å². The number of unbranched alkanes of at least 4 members (excludes halogenated alkanes) is 1. The van der Waals surface area contributed by atoms with Crippen LogP contribution in [-0.2, 0) is 21.2 Å². The van der Waals surface area contributed by atoms with Crippen LogP contribution in [0.5, 0.6) is 0 Å². The normalized spacial score (nSPS) is 19.6. The summed E-state index contributed by atoms with van der Waals surface area (Å²) in [6, 6.07) is 6.06. The molecule has 110 valence electrons. The number of rotatable bonds is 5. The SMILES string of the molecule is CCCCS(=O)(=O)N1CCc2ccccc2C1C(=O)O. The minimum atomic E-state index is -3.53. The first-order valence-electron chi connectivity index (χ1n) is 6.77. The number of carbonyl (C=O) groups is 1. The molecule has 0 aromatic heterocycles. The lowest BCUT2D eigenvalue weighted by Gasteiger charge is -2.33. The Morgan fingerprint density at radius 2 is 2.10 bits per heavy atom. The fourth-order valence-corrected chi connectivity index (χ4v) is 4.33. The zero-order valence-electron chi connectivity index (χ0n) is 11.4. The molecule has 0 aliphatic carbocycles. The lowest BCUT2D eigenvalue weighted by Crippen LogP contribution is -2.44. The Hall–Kier alpha value is -1.40. The van der Waals surface area contributed by atoms with Gasteiger partial charge >= 0.3 is 5.97 Å². The smallest absolute Gasteiger partial charge is 0.326 e. The number of carboxylic acid groups (broad SMARTS) is 1. The molecule has 1 aromatic carbocycles. The number of hydrogen-bond donors (Lipinski definition) is 1. The van der Waals surface area contributed by atoms with E-state index >= 15 is 0 Å². The van der Waals surface area contributed by atoms with Crippen LogP contribution in [0.3, 0.4) is 0 Å². The van der Waals surface area contributed by atoms with Crippen molar-refractivity contribution in [3.05, 3.63) is 35.4 Å². The van der Waals surface area contributed by atoms with Crippen LogP contribution in [-0.4, -0.2) is 36.1 Å². The summed E-state index contributed by atoms with van der Waals surface area (Å²) in [4.78, 5) is 11.5. The summed E-state index contributed by atoms with van der Waals surface area (Å²) in [6.07, 6.45) is 1.87. The van der Waals surface area contributed by atoms with Gasteiger partial charge in [-0.1, -0.05) is 37.6 Å². The van der Waals surface area contributed by atoms with E-state index < -0.39 is 22.0 Å². The van der Waals surface area contributed by atoms with Gasteiger partial charge in [0.05, 0.1) is 5.75 Å². The molecule has 2 rings (SSSR count). The summed E-state index contributed by atoms with van der Waals surface area (Å²) >= 11 is 0. The molecule has 0 saturated heterocycles. The molecule has 0 fully saturated rings. The zero-order chi connectivity index (χ0) is 14.8. The molecule has 5 nitrogen and oxygen atoms in total. The fourth-order valence-electron chi connectivity index (χ4n) is 2.54. The summed E-state index contributed by atoms with van der Waals surface area (Å²) in [5.41, 5.74) is 1.51. The number of nitrogens with zero attached hydrogens (tertiary/aromatic N) is 1. The van der Waals surface area contributed by atoms with Crippen molar-refractivity contribution < 1.29 is 18.3 Å². The maximum absolute atomic E-state index is 12.3. The Morgan fingerprint density at radius 3 is 2.75 bits per heavy atom. The number of fused-ring (bicyclic) bond motifs is 1. The molecule has 6 heteroatoms. The van der Waals surface area contributed by atoms with E-state index in [9.17, 15) is 18.3 Å². The molecule has 1 N–H and O–H groups in total. The van der Waals surface area contributed by atoms with Gasteiger partial charge in [-0.3, -0.25) is 4.79 Å².